The highest BCUT2D eigenvalue weighted by Gasteiger charge is 2.17. The highest BCUT2D eigenvalue weighted by atomic mass is 16.5. The Morgan fingerprint density at radius 2 is 1.68 bits per heavy atom. The molecule has 0 aliphatic rings. The molecule has 0 aliphatic heterocycles. The second kappa shape index (κ2) is 10.2. The third-order valence-corrected chi connectivity index (χ3v) is 4.05. The maximum atomic E-state index is 12.3. The zero-order chi connectivity index (χ0) is 20.5. The molecular weight excluding hydrogens is 362 g/mol. The number of amides is 1. The van der Waals surface area contributed by atoms with Crippen LogP contribution in [0.1, 0.15) is 22.8 Å². The summed E-state index contributed by atoms with van der Waals surface area (Å²) in [4.78, 5) is 26.0. The predicted molar refractivity (Wildman–Crippen MR) is 104 cm³/mol. The van der Waals surface area contributed by atoms with Crippen LogP contribution in [0.25, 0.3) is 0 Å². The number of carbonyl (C=O) groups is 2. The Bertz CT molecular complexity index is 820. The molecule has 2 aromatic carbocycles. The molecule has 0 aromatic heterocycles. The number of likely N-dealkylation sites (N-methyl/N-ethyl adjacent to an activating group) is 1. The summed E-state index contributed by atoms with van der Waals surface area (Å²) in [6.07, 6.45) is 0. The Balaban J connectivity index is 1.95. The van der Waals surface area contributed by atoms with E-state index in [2.05, 4.69) is 0 Å². The van der Waals surface area contributed by atoms with Crippen molar-refractivity contribution >= 4 is 11.9 Å². The van der Waals surface area contributed by atoms with Gasteiger partial charge in [0.1, 0.15) is 5.75 Å². The van der Waals surface area contributed by atoms with Gasteiger partial charge in [0.2, 0.25) is 0 Å². The van der Waals surface area contributed by atoms with E-state index in [4.69, 9.17) is 18.9 Å². The first kappa shape index (κ1) is 21.1. The molecule has 0 saturated heterocycles. The number of benzene rings is 2. The number of esters is 1. The number of ether oxygens (including phenoxy) is 4. The average Bonchev–Trinajstić information content (AvgIpc) is 2.72. The first-order chi connectivity index (χ1) is 13.5. The number of rotatable bonds is 9. The molecule has 0 fully saturated rings. The fourth-order valence-corrected chi connectivity index (χ4v) is 2.57. The minimum absolute atomic E-state index is 0.278. The Labute approximate surface area is 164 Å². The molecule has 1 amide bonds. The second-order valence-electron chi connectivity index (χ2n) is 5.94. The smallest absolute Gasteiger partial charge is 0.338 e. The largest absolute Gasteiger partial charge is 0.496 e. The van der Waals surface area contributed by atoms with E-state index in [1.165, 1.54) is 18.1 Å². The number of hydrogen-bond acceptors (Lipinski definition) is 6. The first-order valence-corrected chi connectivity index (χ1v) is 8.84. The normalized spacial score (nSPS) is 10.1. The van der Waals surface area contributed by atoms with Gasteiger partial charge < -0.3 is 23.8 Å². The lowest BCUT2D eigenvalue weighted by Gasteiger charge is -2.18. The maximum absolute atomic E-state index is 12.3. The van der Waals surface area contributed by atoms with Gasteiger partial charge in [-0.15, -0.1) is 0 Å². The van der Waals surface area contributed by atoms with Crippen LogP contribution < -0.4 is 14.2 Å². The Kier molecular flexibility index (Phi) is 7.68. The summed E-state index contributed by atoms with van der Waals surface area (Å²) in [6, 6.07) is 12.2. The standard InChI is InChI=1S/C21H25NO6/c1-5-27-18-11-10-15(12-19(18)26-4)21(24)28-14-20(23)22(2)13-16-8-6-7-9-17(16)25-3/h6-12H,5,13-14H2,1-4H3. The molecule has 0 aliphatic carbocycles. The van der Waals surface area contributed by atoms with Gasteiger partial charge in [0.25, 0.3) is 5.91 Å². The van der Waals surface area contributed by atoms with Crippen molar-refractivity contribution in [1.29, 1.82) is 0 Å². The van der Waals surface area contributed by atoms with E-state index in [-0.39, 0.29) is 18.1 Å². The highest BCUT2D eigenvalue weighted by molar-refractivity contribution is 5.92. The van der Waals surface area contributed by atoms with E-state index in [0.29, 0.717) is 30.4 Å². The fraction of sp³-hybridized carbons (Fsp3) is 0.333. The Hall–Kier alpha value is -3.22. The van der Waals surface area contributed by atoms with Crippen LogP contribution in [0.4, 0.5) is 0 Å². The minimum Gasteiger partial charge on any atom is -0.496 e. The number of hydrogen-bond donors (Lipinski definition) is 0. The van der Waals surface area contributed by atoms with Crippen molar-refractivity contribution in [2.45, 2.75) is 13.5 Å². The fourth-order valence-electron chi connectivity index (χ4n) is 2.57. The monoisotopic (exact) mass is 387 g/mol. The molecule has 28 heavy (non-hydrogen) atoms. The zero-order valence-corrected chi connectivity index (χ0v) is 16.6. The van der Waals surface area contributed by atoms with Gasteiger partial charge in [-0.2, -0.15) is 0 Å². The summed E-state index contributed by atoms with van der Waals surface area (Å²) in [7, 11) is 4.71. The van der Waals surface area contributed by atoms with Crippen molar-refractivity contribution in [2.24, 2.45) is 0 Å². The third kappa shape index (κ3) is 5.39. The summed E-state index contributed by atoms with van der Waals surface area (Å²) >= 11 is 0. The molecular formula is C21H25NO6. The van der Waals surface area contributed by atoms with Crippen LogP contribution in [0.5, 0.6) is 17.2 Å². The van der Waals surface area contributed by atoms with Crippen LogP contribution in [0.3, 0.4) is 0 Å². The van der Waals surface area contributed by atoms with Crippen LogP contribution in [-0.2, 0) is 16.1 Å². The molecule has 0 saturated carbocycles. The predicted octanol–water partition coefficient (Wildman–Crippen LogP) is 2.92. The quantitative estimate of drug-likeness (QED) is 0.616. The lowest BCUT2D eigenvalue weighted by Crippen LogP contribution is -2.31. The van der Waals surface area contributed by atoms with E-state index in [0.717, 1.165) is 5.56 Å². The SMILES string of the molecule is CCOc1ccc(C(=O)OCC(=O)N(C)Cc2ccccc2OC)cc1OC. The van der Waals surface area contributed by atoms with Gasteiger partial charge in [0.05, 0.1) is 26.4 Å². The van der Waals surface area contributed by atoms with Gasteiger partial charge in [0, 0.05) is 19.2 Å². The van der Waals surface area contributed by atoms with Crippen LogP contribution in [-0.4, -0.2) is 51.3 Å². The molecule has 0 N–H and O–H groups in total. The average molecular weight is 387 g/mol. The van der Waals surface area contributed by atoms with Gasteiger partial charge in [-0.1, -0.05) is 18.2 Å². The molecule has 2 aromatic rings. The topological polar surface area (TPSA) is 74.3 Å². The van der Waals surface area contributed by atoms with Crippen LogP contribution >= 0.6 is 0 Å². The Morgan fingerprint density at radius 1 is 0.964 bits per heavy atom. The van der Waals surface area contributed by atoms with Crippen LogP contribution in [0.2, 0.25) is 0 Å². The summed E-state index contributed by atoms with van der Waals surface area (Å²) in [5.74, 6) is 0.725. The van der Waals surface area contributed by atoms with Crippen LogP contribution in [0.15, 0.2) is 42.5 Å². The molecule has 7 heteroatoms. The summed E-state index contributed by atoms with van der Waals surface area (Å²) in [5, 5.41) is 0. The lowest BCUT2D eigenvalue weighted by molar-refractivity contribution is -0.133. The van der Waals surface area contributed by atoms with E-state index >= 15 is 0 Å². The van der Waals surface area contributed by atoms with Crippen molar-refractivity contribution in [2.75, 3.05) is 34.5 Å². The Morgan fingerprint density at radius 3 is 2.36 bits per heavy atom. The van der Waals surface area contributed by atoms with E-state index < -0.39 is 5.97 Å². The molecule has 0 heterocycles. The molecule has 7 nitrogen and oxygen atoms in total. The van der Waals surface area contributed by atoms with Crippen molar-refractivity contribution in [3.8, 4) is 17.2 Å². The molecule has 0 unspecified atom stereocenters. The second-order valence-corrected chi connectivity index (χ2v) is 5.94. The number of carbonyl (C=O) groups excluding carboxylic acids is 2. The number of para-hydroxylation sites is 1. The minimum atomic E-state index is -0.611. The molecule has 0 bridgehead atoms. The molecule has 0 atom stereocenters. The van der Waals surface area contributed by atoms with E-state index in [1.54, 1.807) is 26.3 Å². The molecule has 2 rings (SSSR count). The number of nitrogens with zero attached hydrogens (tertiary/aromatic N) is 1. The van der Waals surface area contributed by atoms with Gasteiger partial charge in [0.15, 0.2) is 18.1 Å². The van der Waals surface area contributed by atoms with Crippen molar-refractivity contribution in [3.05, 3.63) is 53.6 Å². The van der Waals surface area contributed by atoms with E-state index in [9.17, 15) is 9.59 Å². The highest BCUT2D eigenvalue weighted by Crippen LogP contribution is 2.28. The van der Waals surface area contributed by atoms with Gasteiger partial charge >= 0.3 is 5.97 Å². The van der Waals surface area contributed by atoms with Gasteiger partial charge in [-0.05, 0) is 31.2 Å². The van der Waals surface area contributed by atoms with Gasteiger partial charge in [-0.25, -0.2) is 4.79 Å². The maximum Gasteiger partial charge on any atom is 0.338 e. The first-order valence-electron chi connectivity index (χ1n) is 8.84. The molecule has 0 radical (unpaired) electrons. The zero-order valence-electron chi connectivity index (χ0n) is 16.6. The van der Waals surface area contributed by atoms with Gasteiger partial charge in [-0.3, -0.25) is 4.79 Å². The lowest BCUT2D eigenvalue weighted by atomic mass is 10.2. The number of methoxy groups -OCH3 is 2. The van der Waals surface area contributed by atoms with Crippen molar-refractivity contribution in [3.63, 3.8) is 0 Å². The van der Waals surface area contributed by atoms with Crippen LogP contribution in [0, 0.1) is 0 Å². The van der Waals surface area contributed by atoms with Crippen molar-refractivity contribution in [1.82, 2.24) is 4.90 Å². The van der Waals surface area contributed by atoms with E-state index in [1.807, 2.05) is 31.2 Å². The molecule has 0 spiro atoms. The summed E-state index contributed by atoms with van der Waals surface area (Å²) in [6.45, 7) is 2.32. The summed E-state index contributed by atoms with van der Waals surface area (Å²) < 4.78 is 21.1. The van der Waals surface area contributed by atoms with Crippen molar-refractivity contribution < 1.29 is 28.5 Å². The molecule has 150 valence electrons. The summed E-state index contributed by atoms with van der Waals surface area (Å²) in [5.41, 5.74) is 1.14. The third-order valence-electron chi connectivity index (χ3n) is 4.05.